The van der Waals surface area contributed by atoms with Gasteiger partial charge < -0.3 is 9.84 Å². The third kappa shape index (κ3) is 3.11. The van der Waals surface area contributed by atoms with Crippen LogP contribution in [0.3, 0.4) is 0 Å². The Morgan fingerprint density at radius 3 is 2.53 bits per heavy atom. The summed E-state index contributed by atoms with van der Waals surface area (Å²) in [6.45, 7) is 4.28. The summed E-state index contributed by atoms with van der Waals surface area (Å²) in [5.74, 6) is 0.769. The molecule has 2 aromatic rings. The number of nitrogens with one attached hydrogen (secondary N) is 1. The molecule has 0 saturated heterocycles. The third-order valence-electron chi connectivity index (χ3n) is 2.77. The van der Waals surface area contributed by atoms with Gasteiger partial charge in [-0.15, -0.1) is 0 Å². The SMILES string of the molecule is Cc1noc(C)c1CNc1ccc(S(C)(=O)=O)nc1. The van der Waals surface area contributed by atoms with Crippen molar-refractivity contribution in [2.75, 3.05) is 11.6 Å². The van der Waals surface area contributed by atoms with Crippen LogP contribution in [0.5, 0.6) is 0 Å². The molecule has 2 rings (SSSR count). The topological polar surface area (TPSA) is 85.1 Å². The van der Waals surface area contributed by atoms with Crippen LogP contribution in [0.25, 0.3) is 0 Å². The molecule has 6 nitrogen and oxygen atoms in total. The van der Waals surface area contributed by atoms with Gasteiger partial charge in [-0.1, -0.05) is 5.16 Å². The first-order chi connectivity index (χ1) is 8.88. The van der Waals surface area contributed by atoms with Gasteiger partial charge in [-0.3, -0.25) is 0 Å². The van der Waals surface area contributed by atoms with Gasteiger partial charge in [0.2, 0.25) is 0 Å². The molecular weight excluding hydrogens is 266 g/mol. The summed E-state index contributed by atoms with van der Waals surface area (Å²) in [4.78, 5) is 3.91. The van der Waals surface area contributed by atoms with Gasteiger partial charge >= 0.3 is 0 Å². The van der Waals surface area contributed by atoms with Crippen molar-refractivity contribution >= 4 is 15.5 Å². The average Bonchev–Trinajstić information content (AvgIpc) is 2.66. The zero-order valence-corrected chi connectivity index (χ0v) is 11.8. The molecule has 0 amide bonds. The van der Waals surface area contributed by atoms with Crippen molar-refractivity contribution in [2.45, 2.75) is 25.4 Å². The summed E-state index contributed by atoms with van der Waals surface area (Å²) >= 11 is 0. The minimum atomic E-state index is -3.26. The molecule has 0 aliphatic carbocycles. The van der Waals surface area contributed by atoms with Crippen LogP contribution in [0.2, 0.25) is 0 Å². The van der Waals surface area contributed by atoms with E-state index < -0.39 is 9.84 Å². The van der Waals surface area contributed by atoms with Crippen LogP contribution in [0, 0.1) is 13.8 Å². The summed E-state index contributed by atoms with van der Waals surface area (Å²) in [5.41, 5.74) is 2.57. The number of nitrogens with zero attached hydrogens (tertiary/aromatic N) is 2. The van der Waals surface area contributed by atoms with Crippen LogP contribution >= 0.6 is 0 Å². The molecule has 0 aromatic carbocycles. The minimum Gasteiger partial charge on any atom is -0.380 e. The third-order valence-corrected chi connectivity index (χ3v) is 3.77. The Bertz CT molecular complexity index is 655. The number of sulfone groups is 1. The molecule has 0 fully saturated rings. The Balaban J connectivity index is 2.09. The van der Waals surface area contributed by atoms with Crippen LogP contribution in [0.15, 0.2) is 27.9 Å². The average molecular weight is 281 g/mol. The van der Waals surface area contributed by atoms with Gasteiger partial charge in [-0.25, -0.2) is 13.4 Å². The van der Waals surface area contributed by atoms with Gasteiger partial charge in [-0.2, -0.15) is 0 Å². The van der Waals surface area contributed by atoms with Crippen molar-refractivity contribution in [3.8, 4) is 0 Å². The molecule has 1 N–H and O–H groups in total. The Labute approximate surface area is 111 Å². The smallest absolute Gasteiger partial charge is 0.192 e. The fraction of sp³-hybridized carbons (Fsp3) is 0.333. The van der Waals surface area contributed by atoms with Crippen molar-refractivity contribution in [3.63, 3.8) is 0 Å². The molecule has 2 heterocycles. The fourth-order valence-corrected chi connectivity index (χ4v) is 2.21. The number of aromatic nitrogens is 2. The van der Waals surface area contributed by atoms with Gasteiger partial charge in [0.05, 0.1) is 17.6 Å². The largest absolute Gasteiger partial charge is 0.380 e. The molecule has 7 heteroatoms. The van der Waals surface area contributed by atoms with E-state index in [1.54, 1.807) is 6.07 Å². The first-order valence-corrected chi connectivity index (χ1v) is 7.59. The molecule has 0 atom stereocenters. The Morgan fingerprint density at radius 2 is 2.05 bits per heavy atom. The highest BCUT2D eigenvalue weighted by molar-refractivity contribution is 7.90. The molecule has 0 radical (unpaired) electrons. The van der Waals surface area contributed by atoms with Crippen LogP contribution in [0.4, 0.5) is 5.69 Å². The molecular formula is C12H15N3O3S. The van der Waals surface area contributed by atoms with Crippen molar-refractivity contribution in [1.82, 2.24) is 10.1 Å². The predicted octanol–water partition coefficient (Wildman–Crippen LogP) is 1.70. The highest BCUT2D eigenvalue weighted by Gasteiger charge is 2.10. The molecule has 0 saturated carbocycles. The molecule has 0 aliphatic rings. The van der Waals surface area contributed by atoms with E-state index >= 15 is 0 Å². The molecule has 0 unspecified atom stereocenters. The molecule has 0 bridgehead atoms. The lowest BCUT2D eigenvalue weighted by atomic mass is 10.2. The van der Waals surface area contributed by atoms with Gasteiger partial charge in [-0.05, 0) is 26.0 Å². The number of aryl methyl sites for hydroxylation is 2. The molecule has 0 spiro atoms. The summed E-state index contributed by atoms with van der Waals surface area (Å²) in [6.07, 6.45) is 2.63. The molecule has 0 aliphatic heterocycles. The van der Waals surface area contributed by atoms with Crippen molar-refractivity contribution in [2.24, 2.45) is 0 Å². The van der Waals surface area contributed by atoms with Crippen LogP contribution in [-0.2, 0) is 16.4 Å². The van der Waals surface area contributed by atoms with E-state index in [2.05, 4.69) is 15.5 Å². The summed E-state index contributed by atoms with van der Waals surface area (Å²) in [6, 6.07) is 3.16. The Kier molecular flexibility index (Phi) is 3.57. The predicted molar refractivity (Wildman–Crippen MR) is 70.7 cm³/mol. The quantitative estimate of drug-likeness (QED) is 0.918. The lowest BCUT2D eigenvalue weighted by Crippen LogP contribution is -2.04. The van der Waals surface area contributed by atoms with E-state index in [4.69, 9.17) is 4.52 Å². The van der Waals surface area contributed by atoms with Crippen LogP contribution in [0.1, 0.15) is 17.0 Å². The summed E-state index contributed by atoms with van der Waals surface area (Å²) in [5, 5.41) is 7.08. The van der Waals surface area contributed by atoms with E-state index in [9.17, 15) is 8.42 Å². The molecule has 2 aromatic heterocycles. The second-order valence-electron chi connectivity index (χ2n) is 4.31. The maximum atomic E-state index is 11.3. The lowest BCUT2D eigenvalue weighted by Gasteiger charge is -2.06. The van der Waals surface area contributed by atoms with E-state index in [-0.39, 0.29) is 5.03 Å². The standard InChI is InChI=1S/C12H15N3O3S/c1-8-11(9(2)18-15-8)7-13-10-4-5-12(14-6-10)19(3,16)17/h4-6,13H,7H2,1-3H3. The van der Waals surface area contributed by atoms with Crippen molar-refractivity contribution < 1.29 is 12.9 Å². The number of hydrogen-bond acceptors (Lipinski definition) is 6. The monoisotopic (exact) mass is 281 g/mol. The fourth-order valence-electron chi connectivity index (χ4n) is 1.65. The van der Waals surface area contributed by atoms with Crippen molar-refractivity contribution in [1.29, 1.82) is 0 Å². The number of hydrogen-bond donors (Lipinski definition) is 1. The van der Waals surface area contributed by atoms with Crippen molar-refractivity contribution in [3.05, 3.63) is 35.3 Å². The van der Waals surface area contributed by atoms with Gasteiger partial charge in [0.1, 0.15) is 5.76 Å². The van der Waals surface area contributed by atoms with Gasteiger partial charge in [0.15, 0.2) is 14.9 Å². The summed E-state index contributed by atoms with van der Waals surface area (Å²) < 4.78 is 27.6. The maximum Gasteiger partial charge on any atom is 0.192 e. The van der Waals surface area contributed by atoms with E-state index in [0.29, 0.717) is 6.54 Å². The van der Waals surface area contributed by atoms with Crippen LogP contribution < -0.4 is 5.32 Å². The Hall–Kier alpha value is -1.89. The zero-order valence-electron chi connectivity index (χ0n) is 11.0. The first kappa shape index (κ1) is 13.5. The van der Waals surface area contributed by atoms with E-state index in [1.807, 2.05) is 13.8 Å². The van der Waals surface area contributed by atoms with E-state index in [0.717, 1.165) is 29.0 Å². The maximum absolute atomic E-state index is 11.3. The van der Waals surface area contributed by atoms with Gasteiger partial charge in [0, 0.05) is 18.4 Å². The molecule has 102 valence electrons. The number of rotatable bonds is 4. The normalized spacial score (nSPS) is 11.5. The first-order valence-electron chi connectivity index (χ1n) is 5.69. The number of pyridine rings is 1. The van der Waals surface area contributed by atoms with Crippen LogP contribution in [-0.4, -0.2) is 24.8 Å². The van der Waals surface area contributed by atoms with Gasteiger partial charge in [0.25, 0.3) is 0 Å². The summed E-state index contributed by atoms with van der Waals surface area (Å²) in [7, 11) is -3.26. The second kappa shape index (κ2) is 5.00. The number of anilines is 1. The second-order valence-corrected chi connectivity index (χ2v) is 6.28. The minimum absolute atomic E-state index is 0.0652. The molecule has 19 heavy (non-hydrogen) atoms. The Morgan fingerprint density at radius 1 is 1.32 bits per heavy atom. The highest BCUT2D eigenvalue weighted by atomic mass is 32.2. The van der Waals surface area contributed by atoms with E-state index in [1.165, 1.54) is 12.3 Å². The zero-order chi connectivity index (χ0) is 14.0. The highest BCUT2D eigenvalue weighted by Crippen LogP contribution is 2.15. The lowest BCUT2D eigenvalue weighted by molar-refractivity contribution is 0.392.